The van der Waals surface area contributed by atoms with Crippen molar-refractivity contribution in [1.29, 1.82) is 0 Å². The normalized spacial score (nSPS) is 18.4. The van der Waals surface area contributed by atoms with Crippen molar-refractivity contribution in [3.63, 3.8) is 0 Å². The number of ketones is 1. The predicted molar refractivity (Wildman–Crippen MR) is 111 cm³/mol. The molecule has 3 heterocycles. The average molecular weight is 450 g/mol. The summed E-state index contributed by atoms with van der Waals surface area (Å²) in [6.07, 6.45) is 1.64. The molecule has 0 radical (unpaired) electrons. The van der Waals surface area contributed by atoms with E-state index in [9.17, 15) is 14.4 Å². The maximum atomic E-state index is 13.2. The van der Waals surface area contributed by atoms with E-state index in [-0.39, 0.29) is 24.8 Å². The van der Waals surface area contributed by atoms with Gasteiger partial charge in [0.25, 0.3) is 5.91 Å². The molecule has 1 aromatic heterocycles. The van der Waals surface area contributed by atoms with Gasteiger partial charge in [0.1, 0.15) is 11.6 Å². The zero-order chi connectivity index (χ0) is 21.4. The maximum absolute atomic E-state index is 13.2. The summed E-state index contributed by atoms with van der Waals surface area (Å²) in [6.45, 7) is 3.25. The molecule has 1 aromatic carbocycles. The van der Waals surface area contributed by atoms with Gasteiger partial charge in [-0.3, -0.25) is 19.1 Å². The van der Waals surface area contributed by atoms with Crippen molar-refractivity contribution in [2.45, 2.75) is 39.3 Å². The number of halogens is 2. The molecule has 1 amide bonds. The van der Waals surface area contributed by atoms with Crippen molar-refractivity contribution in [3.05, 3.63) is 50.8 Å². The predicted octanol–water partition coefficient (Wildman–Crippen LogP) is 3.54. The number of amides is 1. The van der Waals surface area contributed by atoms with Crippen LogP contribution in [0.15, 0.2) is 18.2 Å². The summed E-state index contributed by atoms with van der Waals surface area (Å²) in [5.41, 5.74) is 2.38. The lowest BCUT2D eigenvalue weighted by atomic mass is 9.93. The zero-order valence-electron chi connectivity index (χ0n) is 16.5. The van der Waals surface area contributed by atoms with E-state index in [4.69, 9.17) is 27.9 Å². The number of esters is 1. The van der Waals surface area contributed by atoms with E-state index in [1.165, 1.54) is 0 Å². The number of aryl methyl sites for hydroxylation is 1. The zero-order valence-corrected chi connectivity index (χ0v) is 18.0. The number of hydrogen-bond donors (Lipinski definition) is 0. The lowest BCUT2D eigenvalue weighted by molar-refractivity contribution is -0.146. The number of aromatic nitrogens is 2. The summed E-state index contributed by atoms with van der Waals surface area (Å²) in [4.78, 5) is 40.2. The van der Waals surface area contributed by atoms with E-state index < -0.39 is 11.9 Å². The second-order valence-electron chi connectivity index (χ2n) is 7.41. The summed E-state index contributed by atoms with van der Waals surface area (Å²) in [6, 6.07) is 4.76. The highest BCUT2D eigenvalue weighted by Crippen LogP contribution is 2.30. The SMILES string of the molecule is CCOC(=O)C1CCCn2nc3c(c2C1=O)CN(C(=O)c1ccc(Cl)c(Cl)c1)CC3. The van der Waals surface area contributed by atoms with Crippen LogP contribution < -0.4 is 0 Å². The van der Waals surface area contributed by atoms with E-state index in [2.05, 4.69) is 5.10 Å². The Bertz CT molecular complexity index is 1030. The van der Waals surface area contributed by atoms with Gasteiger partial charge in [0.2, 0.25) is 0 Å². The molecule has 1 atom stereocenters. The molecule has 2 aliphatic heterocycles. The molecular formula is C21H21Cl2N3O4. The van der Waals surface area contributed by atoms with E-state index in [1.54, 1.807) is 34.7 Å². The molecule has 9 heteroatoms. The lowest BCUT2D eigenvalue weighted by Gasteiger charge is -2.27. The first kappa shape index (κ1) is 20.9. The molecule has 0 N–H and O–H groups in total. The lowest BCUT2D eigenvalue weighted by Crippen LogP contribution is -2.36. The number of hydrogen-bond acceptors (Lipinski definition) is 5. The molecule has 0 fully saturated rings. The number of rotatable bonds is 3. The van der Waals surface area contributed by atoms with Gasteiger partial charge in [-0.05, 0) is 38.0 Å². The first-order valence-corrected chi connectivity index (χ1v) is 10.7. The first-order valence-electron chi connectivity index (χ1n) is 9.94. The highest BCUT2D eigenvalue weighted by atomic mass is 35.5. The Labute approximate surface area is 183 Å². The Hall–Kier alpha value is -2.38. The molecular weight excluding hydrogens is 429 g/mol. The largest absolute Gasteiger partial charge is 0.465 e. The van der Waals surface area contributed by atoms with Crippen molar-refractivity contribution in [2.75, 3.05) is 13.2 Å². The van der Waals surface area contributed by atoms with Crippen LogP contribution in [0.25, 0.3) is 0 Å². The monoisotopic (exact) mass is 449 g/mol. The number of fused-ring (bicyclic) bond motifs is 3. The fraction of sp³-hybridized carbons (Fsp3) is 0.429. The average Bonchev–Trinajstić information content (AvgIpc) is 3.01. The fourth-order valence-corrected chi connectivity index (χ4v) is 4.36. The Morgan fingerprint density at radius 2 is 2.03 bits per heavy atom. The van der Waals surface area contributed by atoms with Gasteiger partial charge in [-0.25, -0.2) is 0 Å². The van der Waals surface area contributed by atoms with Crippen LogP contribution in [0.5, 0.6) is 0 Å². The standard InChI is InChI=1S/C21H21Cl2N3O4/c1-2-30-21(29)13-4-3-8-26-18(19(13)27)14-11-25(9-7-17(14)24-26)20(28)12-5-6-15(22)16(23)10-12/h5-6,10,13H,2-4,7-9,11H2,1H3. The quantitative estimate of drug-likeness (QED) is 0.528. The highest BCUT2D eigenvalue weighted by molar-refractivity contribution is 6.42. The van der Waals surface area contributed by atoms with Crippen molar-refractivity contribution in [2.24, 2.45) is 5.92 Å². The van der Waals surface area contributed by atoms with E-state index >= 15 is 0 Å². The van der Waals surface area contributed by atoms with Crippen LogP contribution in [0, 0.1) is 5.92 Å². The smallest absolute Gasteiger partial charge is 0.316 e. The van der Waals surface area contributed by atoms with Gasteiger partial charge in [0, 0.05) is 30.6 Å². The minimum absolute atomic E-state index is 0.192. The summed E-state index contributed by atoms with van der Waals surface area (Å²) < 4.78 is 6.80. The molecule has 0 saturated carbocycles. The number of carbonyl (C=O) groups is 3. The molecule has 2 aliphatic rings. The third-order valence-corrected chi connectivity index (χ3v) is 6.28. The van der Waals surface area contributed by atoms with Crippen molar-refractivity contribution in [1.82, 2.24) is 14.7 Å². The maximum Gasteiger partial charge on any atom is 0.316 e. The molecule has 30 heavy (non-hydrogen) atoms. The number of benzene rings is 1. The fourth-order valence-electron chi connectivity index (χ4n) is 4.06. The van der Waals surface area contributed by atoms with Gasteiger partial charge >= 0.3 is 5.97 Å². The molecule has 2 aromatic rings. The third kappa shape index (κ3) is 3.72. The number of carbonyl (C=O) groups excluding carboxylic acids is 3. The Balaban J connectivity index is 1.63. The van der Waals surface area contributed by atoms with E-state index in [0.29, 0.717) is 53.7 Å². The summed E-state index contributed by atoms with van der Waals surface area (Å²) >= 11 is 12.0. The third-order valence-electron chi connectivity index (χ3n) is 5.54. The first-order chi connectivity index (χ1) is 14.4. The van der Waals surface area contributed by atoms with Crippen molar-refractivity contribution < 1.29 is 19.1 Å². The van der Waals surface area contributed by atoms with Gasteiger partial charge in [-0.1, -0.05) is 23.2 Å². The molecule has 0 saturated heterocycles. The van der Waals surface area contributed by atoms with Gasteiger partial charge in [0.15, 0.2) is 5.78 Å². The Morgan fingerprint density at radius 3 is 2.77 bits per heavy atom. The van der Waals surface area contributed by atoms with Crippen LogP contribution >= 0.6 is 23.2 Å². The number of ether oxygens (including phenoxy) is 1. The van der Waals surface area contributed by atoms with Gasteiger partial charge < -0.3 is 9.64 Å². The van der Waals surface area contributed by atoms with Gasteiger partial charge in [-0.15, -0.1) is 0 Å². The Kier molecular flexibility index (Phi) is 5.84. The van der Waals surface area contributed by atoms with Crippen LogP contribution in [0.3, 0.4) is 0 Å². The molecule has 0 aliphatic carbocycles. The highest BCUT2D eigenvalue weighted by Gasteiger charge is 2.38. The van der Waals surface area contributed by atoms with E-state index in [1.807, 2.05) is 0 Å². The minimum Gasteiger partial charge on any atom is -0.465 e. The topological polar surface area (TPSA) is 81.5 Å². The van der Waals surface area contributed by atoms with Crippen LogP contribution in [-0.2, 0) is 29.0 Å². The van der Waals surface area contributed by atoms with Crippen LogP contribution in [0.2, 0.25) is 10.0 Å². The van der Waals surface area contributed by atoms with Crippen LogP contribution in [-0.4, -0.2) is 45.5 Å². The van der Waals surface area contributed by atoms with E-state index in [0.717, 1.165) is 11.3 Å². The number of nitrogens with zero attached hydrogens (tertiary/aromatic N) is 3. The summed E-state index contributed by atoms with van der Waals surface area (Å²) in [7, 11) is 0. The molecule has 1 unspecified atom stereocenters. The Morgan fingerprint density at radius 1 is 1.23 bits per heavy atom. The molecule has 7 nitrogen and oxygen atoms in total. The van der Waals surface area contributed by atoms with Gasteiger partial charge in [0.05, 0.1) is 28.9 Å². The summed E-state index contributed by atoms with van der Waals surface area (Å²) in [5, 5.41) is 5.29. The van der Waals surface area contributed by atoms with Crippen molar-refractivity contribution >= 4 is 40.9 Å². The second kappa shape index (κ2) is 8.40. The molecule has 0 bridgehead atoms. The van der Waals surface area contributed by atoms with Crippen molar-refractivity contribution in [3.8, 4) is 0 Å². The summed E-state index contributed by atoms with van der Waals surface area (Å²) in [5.74, 6) is -1.79. The molecule has 0 spiro atoms. The molecule has 4 rings (SSSR count). The van der Waals surface area contributed by atoms with Crippen LogP contribution in [0.4, 0.5) is 0 Å². The second-order valence-corrected chi connectivity index (χ2v) is 8.23. The minimum atomic E-state index is -0.826. The van der Waals surface area contributed by atoms with Gasteiger partial charge in [-0.2, -0.15) is 5.10 Å². The van der Waals surface area contributed by atoms with Crippen LogP contribution in [0.1, 0.15) is 51.9 Å². The number of Topliss-reactive ketones (excluding diaryl/α,β-unsaturated/α-hetero) is 1. The molecule has 158 valence electrons.